The van der Waals surface area contributed by atoms with Crippen molar-refractivity contribution >= 4 is 12.0 Å². The van der Waals surface area contributed by atoms with Crippen molar-refractivity contribution in [2.45, 2.75) is 38.8 Å². The fourth-order valence-electron chi connectivity index (χ4n) is 2.19. The van der Waals surface area contributed by atoms with Gasteiger partial charge in [0.05, 0.1) is 12.6 Å². The number of carbonyl (C=O) groups excluding carboxylic acids is 2. The topological polar surface area (TPSA) is 82.1 Å². The second-order valence-electron chi connectivity index (χ2n) is 6.20. The summed E-state index contributed by atoms with van der Waals surface area (Å²) >= 11 is 0. The summed E-state index contributed by atoms with van der Waals surface area (Å²) < 4.78 is 5.33. The molecule has 0 aromatic rings. The van der Waals surface area contributed by atoms with Crippen molar-refractivity contribution in [2.24, 2.45) is 0 Å². The van der Waals surface area contributed by atoms with Gasteiger partial charge in [0.25, 0.3) is 0 Å². The summed E-state index contributed by atoms with van der Waals surface area (Å²) in [6.07, 6.45) is -0.0231. The van der Waals surface area contributed by atoms with Gasteiger partial charge in [0.15, 0.2) is 0 Å². The lowest BCUT2D eigenvalue weighted by molar-refractivity contribution is -0.134. The molecule has 1 aliphatic heterocycles. The van der Waals surface area contributed by atoms with E-state index in [-0.39, 0.29) is 12.5 Å². The van der Waals surface area contributed by atoms with E-state index in [9.17, 15) is 14.7 Å². The molecule has 7 nitrogen and oxygen atoms in total. The molecular formula is C14H27N3O4. The summed E-state index contributed by atoms with van der Waals surface area (Å²) in [7, 11) is 1.80. The number of piperazine rings is 1. The van der Waals surface area contributed by atoms with Gasteiger partial charge in [0.2, 0.25) is 5.91 Å². The van der Waals surface area contributed by atoms with Crippen LogP contribution in [0, 0.1) is 0 Å². The second kappa shape index (κ2) is 7.61. The number of hydrogen-bond donors (Lipinski definition) is 2. The van der Waals surface area contributed by atoms with E-state index in [1.807, 2.05) is 0 Å². The van der Waals surface area contributed by atoms with Gasteiger partial charge in [0.1, 0.15) is 5.60 Å². The minimum absolute atomic E-state index is 0.0339. The monoisotopic (exact) mass is 301 g/mol. The van der Waals surface area contributed by atoms with Crippen molar-refractivity contribution in [1.82, 2.24) is 15.1 Å². The van der Waals surface area contributed by atoms with Crippen molar-refractivity contribution in [3.63, 3.8) is 0 Å². The molecule has 0 saturated carbocycles. The molecule has 1 rings (SSSR count). The van der Waals surface area contributed by atoms with Crippen LogP contribution in [0.2, 0.25) is 0 Å². The molecule has 0 aromatic carbocycles. The Labute approximate surface area is 126 Å². The highest BCUT2D eigenvalue weighted by Gasteiger charge is 2.34. The molecule has 1 fully saturated rings. The average Bonchev–Trinajstić information content (AvgIpc) is 2.42. The maximum absolute atomic E-state index is 12.1. The first kappa shape index (κ1) is 17.7. The van der Waals surface area contributed by atoms with Crippen LogP contribution >= 0.6 is 0 Å². The number of carbonyl (C=O) groups is 2. The first-order chi connectivity index (χ1) is 9.78. The highest BCUT2D eigenvalue weighted by Crippen LogP contribution is 2.16. The second-order valence-corrected chi connectivity index (χ2v) is 6.20. The predicted octanol–water partition coefficient (Wildman–Crippen LogP) is 0.0361. The average molecular weight is 301 g/mol. The number of amides is 2. The molecule has 0 bridgehead atoms. The minimum Gasteiger partial charge on any atom is -0.444 e. The Hall–Kier alpha value is -1.34. The van der Waals surface area contributed by atoms with Gasteiger partial charge in [-0.1, -0.05) is 0 Å². The van der Waals surface area contributed by atoms with Crippen LogP contribution < -0.4 is 5.32 Å². The van der Waals surface area contributed by atoms with Gasteiger partial charge in [-0.15, -0.1) is 0 Å². The zero-order valence-electron chi connectivity index (χ0n) is 13.4. The van der Waals surface area contributed by atoms with Gasteiger partial charge in [-0.2, -0.15) is 0 Å². The van der Waals surface area contributed by atoms with Crippen LogP contribution in [0.3, 0.4) is 0 Å². The molecular weight excluding hydrogens is 274 g/mol. The van der Waals surface area contributed by atoms with Gasteiger partial charge in [-0.05, 0) is 27.8 Å². The Balaban J connectivity index is 2.61. The molecule has 1 saturated heterocycles. The summed E-state index contributed by atoms with van der Waals surface area (Å²) in [6, 6.07) is -0.410. The molecule has 7 heteroatoms. The molecule has 0 spiro atoms. The summed E-state index contributed by atoms with van der Waals surface area (Å²) in [4.78, 5) is 27.3. The zero-order valence-corrected chi connectivity index (χ0v) is 13.4. The number of nitrogens with zero attached hydrogens (tertiary/aromatic N) is 2. The molecule has 1 heterocycles. The van der Waals surface area contributed by atoms with Crippen molar-refractivity contribution in [2.75, 3.05) is 39.8 Å². The van der Waals surface area contributed by atoms with E-state index >= 15 is 0 Å². The lowest BCUT2D eigenvalue weighted by Crippen LogP contribution is -2.58. The molecule has 122 valence electrons. The first-order valence-electron chi connectivity index (χ1n) is 7.31. The van der Waals surface area contributed by atoms with Gasteiger partial charge >= 0.3 is 6.09 Å². The smallest absolute Gasteiger partial charge is 0.410 e. The van der Waals surface area contributed by atoms with Crippen molar-refractivity contribution in [3.8, 4) is 0 Å². The maximum atomic E-state index is 12.1. The molecule has 0 aliphatic carbocycles. The minimum atomic E-state index is -0.573. The zero-order chi connectivity index (χ0) is 16.0. The number of hydrogen-bond acceptors (Lipinski definition) is 5. The lowest BCUT2D eigenvalue weighted by Gasteiger charge is -2.41. The number of aliphatic hydroxyl groups is 1. The van der Waals surface area contributed by atoms with E-state index in [1.54, 1.807) is 32.7 Å². The van der Waals surface area contributed by atoms with E-state index in [2.05, 4.69) is 5.32 Å². The third-order valence-corrected chi connectivity index (χ3v) is 3.26. The van der Waals surface area contributed by atoms with Crippen molar-refractivity contribution < 1.29 is 19.4 Å². The molecule has 0 aromatic heterocycles. The summed E-state index contributed by atoms with van der Waals surface area (Å²) in [6.45, 7) is 7.04. The highest BCUT2D eigenvalue weighted by molar-refractivity contribution is 5.77. The molecule has 2 amide bonds. The van der Waals surface area contributed by atoms with E-state index in [0.717, 1.165) is 0 Å². The summed E-state index contributed by atoms with van der Waals surface area (Å²) in [5.41, 5.74) is -0.573. The van der Waals surface area contributed by atoms with E-state index in [4.69, 9.17) is 4.74 Å². The standard InChI is InChI=1S/C14H27N3O4/c1-14(2,3)21-13(20)17-8-7-16(9-11(17)10-18)12(19)5-6-15-4/h11,15,18H,5-10H2,1-4H3. The third-order valence-electron chi connectivity index (χ3n) is 3.26. The fourth-order valence-corrected chi connectivity index (χ4v) is 2.19. The molecule has 1 aliphatic rings. The molecule has 0 radical (unpaired) electrons. The maximum Gasteiger partial charge on any atom is 0.410 e. The Morgan fingerprint density at radius 1 is 1.33 bits per heavy atom. The predicted molar refractivity (Wildman–Crippen MR) is 78.9 cm³/mol. The van der Waals surface area contributed by atoms with E-state index < -0.39 is 17.7 Å². The van der Waals surface area contributed by atoms with Crippen LogP contribution in [0.15, 0.2) is 0 Å². The van der Waals surface area contributed by atoms with Crippen LogP contribution in [0.25, 0.3) is 0 Å². The SMILES string of the molecule is CNCCC(=O)N1CCN(C(=O)OC(C)(C)C)C(CO)C1. The van der Waals surface area contributed by atoms with E-state index in [1.165, 1.54) is 4.90 Å². The van der Waals surface area contributed by atoms with Gasteiger partial charge in [0, 0.05) is 32.6 Å². The van der Waals surface area contributed by atoms with Crippen molar-refractivity contribution in [1.29, 1.82) is 0 Å². The molecule has 2 N–H and O–H groups in total. The van der Waals surface area contributed by atoms with Gasteiger partial charge in [-0.3, -0.25) is 9.69 Å². The van der Waals surface area contributed by atoms with Crippen LogP contribution in [0.1, 0.15) is 27.2 Å². The quantitative estimate of drug-likeness (QED) is 0.766. The van der Waals surface area contributed by atoms with Crippen LogP contribution in [-0.2, 0) is 9.53 Å². The number of nitrogens with one attached hydrogen (secondary N) is 1. The molecule has 21 heavy (non-hydrogen) atoms. The lowest BCUT2D eigenvalue weighted by atomic mass is 10.1. The normalized spacial score (nSPS) is 19.6. The summed E-state index contributed by atoms with van der Waals surface area (Å²) in [5, 5.41) is 12.4. The Bertz CT molecular complexity index is 368. The van der Waals surface area contributed by atoms with Crippen molar-refractivity contribution in [3.05, 3.63) is 0 Å². The molecule has 1 atom stereocenters. The number of ether oxygens (including phenoxy) is 1. The largest absolute Gasteiger partial charge is 0.444 e. The van der Waals surface area contributed by atoms with E-state index in [0.29, 0.717) is 32.6 Å². The van der Waals surface area contributed by atoms with Crippen LogP contribution in [0.4, 0.5) is 4.79 Å². The first-order valence-corrected chi connectivity index (χ1v) is 7.31. The molecule has 1 unspecified atom stereocenters. The van der Waals surface area contributed by atoms with Gasteiger partial charge in [-0.25, -0.2) is 4.79 Å². The number of rotatable bonds is 4. The Morgan fingerprint density at radius 3 is 2.52 bits per heavy atom. The third kappa shape index (κ3) is 5.51. The van der Waals surface area contributed by atoms with Crippen LogP contribution in [-0.4, -0.2) is 78.4 Å². The Morgan fingerprint density at radius 2 is 2.00 bits per heavy atom. The Kier molecular flexibility index (Phi) is 6.42. The number of aliphatic hydroxyl groups excluding tert-OH is 1. The van der Waals surface area contributed by atoms with Gasteiger partial charge < -0.3 is 20.1 Å². The van der Waals surface area contributed by atoms with Crippen LogP contribution in [0.5, 0.6) is 0 Å². The fraction of sp³-hybridized carbons (Fsp3) is 0.857. The summed E-state index contributed by atoms with van der Waals surface area (Å²) in [5.74, 6) is 0.0339. The highest BCUT2D eigenvalue weighted by atomic mass is 16.6.